The van der Waals surface area contributed by atoms with E-state index in [1.54, 1.807) is 45.0 Å². The number of hydrogen-bond acceptors (Lipinski definition) is 12. The van der Waals surface area contributed by atoms with Gasteiger partial charge in [-0.05, 0) is 70.4 Å². The van der Waals surface area contributed by atoms with Gasteiger partial charge in [-0.25, -0.2) is 24.2 Å². The number of nitrogens with two attached hydrogens (primary N) is 2. The van der Waals surface area contributed by atoms with Crippen LogP contribution in [0, 0.1) is 5.92 Å². The number of carbonyl (C=O) groups excluding carboxylic acids is 5. The summed E-state index contributed by atoms with van der Waals surface area (Å²) in [5, 5.41) is 12.2. The molecular weight excluding hydrogens is 698 g/mol. The van der Waals surface area contributed by atoms with Crippen molar-refractivity contribution in [1.82, 2.24) is 30.7 Å². The normalized spacial score (nSPS) is 23.4. The van der Waals surface area contributed by atoms with Crippen LogP contribution in [0.3, 0.4) is 0 Å². The number of benzene rings is 1. The lowest BCUT2D eigenvalue weighted by molar-refractivity contribution is -0.141. The highest BCUT2D eigenvalue weighted by molar-refractivity contribution is 7.91. The zero-order valence-electron chi connectivity index (χ0n) is 29.6. The molecule has 5 amide bonds. The minimum Gasteiger partial charge on any atom is -0.497 e. The number of rotatable bonds is 15. The topological polar surface area (TPSA) is 257 Å². The summed E-state index contributed by atoms with van der Waals surface area (Å²) in [6.07, 6.45) is 2.23. The van der Waals surface area contributed by atoms with Crippen LogP contribution in [0.4, 0.5) is 4.79 Å². The lowest BCUT2D eigenvalue weighted by Gasteiger charge is -2.30. The molecule has 19 heteroatoms. The van der Waals surface area contributed by atoms with Crippen molar-refractivity contribution < 1.29 is 41.9 Å². The Labute approximate surface area is 302 Å². The van der Waals surface area contributed by atoms with E-state index in [0.29, 0.717) is 24.2 Å². The van der Waals surface area contributed by atoms with E-state index in [1.807, 2.05) is 0 Å². The number of ether oxygens (including phenoxy) is 2. The summed E-state index contributed by atoms with van der Waals surface area (Å²) in [5.41, 5.74) is 4.16. The van der Waals surface area contributed by atoms with Crippen LogP contribution in [-0.2, 0) is 33.9 Å². The number of hydrazine groups is 1. The molecule has 284 valence electrons. The zero-order chi connectivity index (χ0) is 38.6. The molecule has 0 bridgehead atoms. The molecule has 0 spiro atoms. The maximum Gasteiger partial charge on any atom is 0.408 e. The summed E-state index contributed by atoms with van der Waals surface area (Å²) < 4.78 is 37.8. The van der Waals surface area contributed by atoms with Crippen LogP contribution in [0.5, 0.6) is 5.75 Å². The molecule has 3 fully saturated rings. The van der Waals surface area contributed by atoms with Gasteiger partial charge in [0.25, 0.3) is 5.91 Å². The third-order valence-electron chi connectivity index (χ3n) is 8.75. The molecular formula is C33H47N9O9S. The maximum atomic E-state index is 14.2. The van der Waals surface area contributed by atoms with Crippen LogP contribution >= 0.6 is 0 Å². The third kappa shape index (κ3) is 9.58. The first kappa shape index (κ1) is 39.6. The van der Waals surface area contributed by atoms with E-state index < -0.39 is 86.7 Å². The van der Waals surface area contributed by atoms with Crippen molar-refractivity contribution in [2.45, 2.75) is 81.0 Å². The van der Waals surface area contributed by atoms with E-state index in [2.05, 4.69) is 38.9 Å². The minimum absolute atomic E-state index is 0.0202. The van der Waals surface area contributed by atoms with Gasteiger partial charge in [0.15, 0.2) is 5.84 Å². The number of nitrogens with zero attached hydrogens (tertiary/aromatic N) is 3. The van der Waals surface area contributed by atoms with Crippen LogP contribution in [-0.4, -0.2) is 109 Å². The third-order valence-corrected chi connectivity index (χ3v) is 10.6. The van der Waals surface area contributed by atoms with Crippen LogP contribution in [0.25, 0.3) is 0 Å². The highest BCUT2D eigenvalue weighted by Gasteiger charge is 2.62. The molecule has 18 nitrogen and oxygen atoms in total. The Bertz CT molecular complexity index is 1720. The van der Waals surface area contributed by atoms with Crippen molar-refractivity contribution in [2.75, 3.05) is 20.2 Å². The highest BCUT2D eigenvalue weighted by Crippen LogP contribution is 2.45. The minimum atomic E-state index is -3.95. The number of hydrogen-bond donors (Lipinski definition) is 6. The SMILES string of the molecule is C=CC(=O)NC[C@H](NC(=O)OC(C)(C)C)C(=O)N1C[C@H](N(N)N=C(N)c2ccc(OC)cc2)C[C@H]1C(=O)N[C@]1(C(=O)NS(=O)(=O)C2CC2)C[C@H]1C=C. The van der Waals surface area contributed by atoms with Crippen LogP contribution in [0.15, 0.2) is 54.7 Å². The van der Waals surface area contributed by atoms with Crippen molar-refractivity contribution in [3.05, 3.63) is 55.1 Å². The van der Waals surface area contributed by atoms with Crippen molar-refractivity contribution in [1.29, 1.82) is 0 Å². The summed E-state index contributed by atoms with van der Waals surface area (Å²) in [7, 11) is -2.44. The Morgan fingerprint density at radius 3 is 2.35 bits per heavy atom. The van der Waals surface area contributed by atoms with Crippen LogP contribution in [0.1, 0.15) is 52.0 Å². The fourth-order valence-corrected chi connectivity index (χ4v) is 7.03. The summed E-state index contributed by atoms with van der Waals surface area (Å²) in [5.74, 6) is 3.21. The summed E-state index contributed by atoms with van der Waals surface area (Å²) in [4.78, 5) is 67.7. The predicted octanol–water partition coefficient (Wildman–Crippen LogP) is -0.674. The van der Waals surface area contributed by atoms with Gasteiger partial charge in [0.05, 0.1) is 18.4 Å². The number of methoxy groups -OCH3 is 1. The van der Waals surface area contributed by atoms with Crippen molar-refractivity contribution >= 4 is 45.6 Å². The van der Waals surface area contributed by atoms with E-state index >= 15 is 0 Å². The quantitative estimate of drug-likeness (QED) is 0.0326. The van der Waals surface area contributed by atoms with Gasteiger partial charge in [0.2, 0.25) is 27.7 Å². The molecule has 1 heterocycles. The molecule has 3 aliphatic rings. The number of amides is 5. The van der Waals surface area contributed by atoms with Gasteiger partial charge in [0, 0.05) is 31.0 Å². The Kier molecular flexibility index (Phi) is 11.9. The number of likely N-dealkylation sites (tertiary alicyclic amines) is 1. The fraction of sp³-hybridized carbons (Fsp3) is 0.515. The van der Waals surface area contributed by atoms with E-state index in [9.17, 15) is 32.4 Å². The first-order valence-electron chi connectivity index (χ1n) is 16.6. The summed E-state index contributed by atoms with van der Waals surface area (Å²) in [6.45, 7) is 11.4. The Hall–Kier alpha value is -5.17. The zero-order valence-corrected chi connectivity index (χ0v) is 30.4. The molecule has 1 aliphatic heterocycles. The van der Waals surface area contributed by atoms with Gasteiger partial charge < -0.3 is 36.1 Å². The van der Waals surface area contributed by atoms with Crippen LogP contribution in [0.2, 0.25) is 0 Å². The molecule has 5 atom stereocenters. The van der Waals surface area contributed by atoms with Crippen LogP contribution < -0.4 is 37.0 Å². The number of carbonyl (C=O) groups is 5. The average molecular weight is 746 g/mol. The Morgan fingerprint density at radius 1 is 1.15 bits per heavy atom. The Balaban J connectivity index is 1.64. The van der Waals surface area contributed by atoms with E-state index in [1.165, 1.54) is 13.2 Å². The number of hydrazone groups is 1. The molecule has 52 heavy (non-hydrogen) atoms. The van der Waals surface area contributed by atoms with Gasteiger partial charge in [0.1, 0.15) is 29.0 Å². The second-order valence-corrected chi connectivity index (χ2v) is 15.8. The Morgan fingerprint density at radius 2 is 1.81 bits per heavy atom. The number of sulfonamides is 1. The fourth-order valence-electron chi connectivity index (χ4n) is 5.67. The highest BCUT2D eigenvalue weighted by atomic mass is 32.2. The van der Waals surface area contributed by atoms with Gasteiger partial charge in [-0.15, -0.1) is 11.7 Å². The second-order valence-electron chi connectivity index (χ2n) is 13.8. The van der Waals surface area contributed by atoms with Crippen molar-refractivity contribution in [2.24, 2.45) is 22.6 Å². The van der Waals surface area contributed by atoms with Gasteiger partial charge in [-0.3, -0.25) is 23.9 Å². The largest absolute Gasteiger partial charge is 0.497 e. The molecule has 0 unspecified atom stereocenters. The molecule has 0 radical (unpaired) electrons. The van der Waals surface area contributed by atoms with E-state index in [4.69, 9.17) is 21.1 Å². The molecule has 1 aromatic carbocycles. The average Bonchev–Trinajstić information content (AvgIpc) is 4.01. The smallest absolute Gasteiger partial charge is 0.408 e. The second kappa shape index (κ2) is 15.6. The number of alkyl carbamates (subject to hydrolysis) is 1. The van der Waals surface area contributed by atoms with E-state index in [-0.39, 0.29) is 25.2 Å². The standard InChI is InChI=1S/C33H47N9O9S/c1-7-20-16-33(20,30(46)40-52(48,49)23-13-14-23)38-28(44)25-15-21(42(35)39-27(34)19-9-11-22(50-6)12-10-19)18-41(25)29(45)24(17-36-26(43)8-2)37-31(47)51-32(3,4)5/h7-12,20-21,23-25H,1-2,13-18,35H2,3-6H3,(H2,34,39)(H,36,43)(H,37,47)(H,38,44)(H,40,46)/t20-,21-,24+,25+,33-/m1/s1. The van der Waals surface area contributed by atoms with Gasteiger partial charge >= 0.3 is 6.09 Å². The summed E-state index contributed by atoms with van der Waals surface area (Å²) in [6, 6.07) is 3.11. The lowest BCUT2D eigenvalue weighted by Crippen LogP contribution is -2.59. The van der Waals surface area contributed by atoms with Crippen molar-refractivity contribution in [3.8, 4) is 5.75 Å². The maximum absolute atomic E-state index is 14.2. The number of nitrogens with one attached hydrogen (secondary N) is 4. The molecule has 0 aromatic heterocycles. The first-order chi connectivity index (χ1) is 24.3. The monoisotopic (exact) mass is 745 g/mol. The number of amidine groups is 1. The molecule has 4 rings (SSSR count). The molecule has 2 saturated carbocycles. The molecule has 1 saturated heterocycles. The summed E-state index contributed by atoms with van der Waals surface area (Å²) >= 11 is 0. The predicted molar refractivity (Wildman–Crippen MR) is 189 cm³/mol. The molecule has 8 N–H and O–H groups in total. The first-order valence-corrected chi connectivity index (χ1v) is 18.1. The molecule has 2 aliphatic carbocycles. The van der Waals surface area contributed by atoms with Gasteiger partial charge in [-0.1, -0.05) is 12.7 Å². The lowest BCUT2D eigenvalue weighted by atomic mass is 10.1. The van der Waals surface area contributed by atoms with Crippen molar-refractivity contribution in [3.63, 3.8) is 0 Å². The van der Waals surface area contributed by atoms with E-state index in [0.717, 1.165) is 16.1 Å². The molecule has 1 aromatic rings. The van der Waals surface area contributed by atoms with Gasteiger partial charge in [-0.2, -0.15) is 0 Å².